The van der Waals surface area contributed by atoms with Crippen molar-refractivity contribution in [1.82, 2.24) is 10.2 Å². The highest BCUT2D eigenvalue weighted by Crippen LogP contribution is 2.22. The molecule has 0 unspecified atom stereocenters. The number of halogens is 1. The first kappa shape index (κ1) is 14.0. The molecule has 4 nitrogen and oxygen atoms in total. The van der Waals surface area contributed by atoms with Gasteiger partial charge in [0.1, 0.15) is 0 Å². The van der Waals surface area contributed by atoms with E-state index in [2.05, 4.69) is 22.1 Å². The minimum absolute atomic E-state index is 0. The number of guanidine groups is 1. The van der Waals surface area contributed by atoms with Crippen LogP contribution in [0.3, 0.4) is 0 Å². The van der Waals surface area contributed by atoms with E-state index in [1.165, 1.54) is 19.4 Å². The van der Waals surface area contributed by atoms with E-state index in [0.717, 1.165) is 25.5 Å². The van der Waals surface area contributed by atoms with Crippen molar-refractivity contribution in [2.75, 3.05) is 26.8 Å². The topological polar surface area (TPSA) is 36.9 Å². The second-order valence-electron chi connectivity index (χ2n) is 4.36. The fourth-order valence-corrected chi connectivity index (χ4v) is 2.36. The molecular weight excluding hydrogens is 317 g/mol. The Morgan fingerprint density at radius 1 is 1.62 bits per heavy atom. The van der Waals surface area contributed by atoms with Gasteiger partial charge in [0.2, 0.25) is 0 Å². The van der Waals surface area contributed by atoms with Crippen LogP contribution in [0.15, 0.2) is 4.99 Å². The molecule has 16 heavy (non-hydrogen) atoms. The standard InChI is InChI=1S/C11H21N3O.HI/c1-3-9(8-15-2)13-11-12-7-10-5-4-6-14(10)11;/h9-10H,3-8H2,1-2H3,(H,12,13);1H/t9-,10+;/m0./s1. The first-order valence-corrected chi connectivity index (χ1v) is 5.91. The smallest absolute Gasteiger partial charge is 0.194 e. The molecule has 2 rings (SSSR count). The molecule has 0 aromatic heterocycles. The van der Waals surface area contributed by atoms with Crippen molar-refractivity contribution < 1.29 is 4.74 Å². The number of fused-ring (bicyclic) bond motifs is 1. The lowest BCUT2D eigenvalue weighted by atomic mass is 10.2. The zero-order chi connectivity index (χ0) is 10.7. The number of aliphatic imine (C=N–C) groups is 1. The second-order valence-corrected chi connectivity index (χ2v) is 4.36. The molecule has 5 heteroatoms. The highest BCUT2D eigenvalue weighted by atomic mass is 127. The van der Waals surface area contributed by atoms with E-state index in [1.54, 1.807) is 7.11 Å². The van der Waals surface area contributed by atoms with Crippen molar-refractivity contribution in [1.29, 1.82) is 0 Å². The van der Waals surface area contributed by atoms with Gasteiger partial charge >= 0.3 is 0 Å². The number of ether oxygens (including phenoxy) is 1. The molecular formula is C11H22IN3O. The lowest BCUT2D eigenvalue weighted by molar-refractivity contribution is 0.170. The minimum atomic E-state index is 0. The molecule has 0 bridgehead atoms. The average Bonchev–Trinajstić information content (AvgIpc) is 2.81. The van der Waals surface area contributed by atoms with Crippen LogP contribution in [0.25, 0.3) is 0 Å². The summed E-state index contributed by atoms with van der Waals surface area (Å²) in [4.78, 5) is 6.98. The van der Waals surface area contributed by atoms with E-state index in [1.807, 2.05) is 0 Å². The van der Waals surface area contributed by atoms with Crippen LogP contribution in [0.2, 0.25) is 0 Å². The molecule has 0 saturated carbocycles. The highest BCUT2D eigenvalue weighted by Gasteiger charge is 2.32. The number of methoxy groups -OCH3 is 1. The summed E-state index contributed by atoms with van der Waals surface area (Å²) in [5.41, 5.74) is 0. The van der Waals surface area contributed by atoms with Gasteiger partial charge in [0.15, 0.2) is 5.96 Å². The number of hydrogen-bond donors (Lipinski definition) is 1. The van der Waals surface area contributed by atoms with Gasteiger partial charge in [-0.05, 0) is 19.3 Å². The van der Waals surface area contributed by atoms with Gasteiger partial charge in [-0.1, -0.05) is 6.92 Å². The third-order valence-electron chi connectivity index (χ3n) is 3.29. The third-order valence-corrected chi connectivity index (χ3v) is 3.29. The highest BCUT2D eigenvalue weighted by molar-refractivity contribution is 14.0. The van der Waals surface area contributed by atoms with Gasteiger partial charge in [0, 0.05) is 13.7 Å². The monoisotopic (exact) mass is 339 g/mol. The molecule has 0 aliphatic carbocycles. The van der Waals surface area contributed by atoms with Crippen LogP contribution in [0.1, 0.15) is 26.2 Å². The van der Waals surface area contributed by atoms with Gasteiger partial charge in [-0.15, -0.1) is 24.0 Å². The second kappa shape index (κ2) is 6.64. The first-order valence-electron chi connectivity index (χ1n) is 5.91. The van der Waals surface area contributed by atoms with Crippen LogP contribution < -0.4 is 5.32 Å². The van der Waals surface area contributed by atoms with Crippen LogP contribution >= 0.6 is 24.0 Å². The lowest BCUT2D eigenvalue weighted by Crippen LogP contribution is -2.46. The molecule has 2 aliphatic rings. The van der Waals surface area contributed by atoms with Crippen molar-refractivity contribution >= 4 is 29.9 Å². The van der Waals surface area contributed by atoms with Gasteiger partial charge in [0.05, 0.1) is 25.2 Å². The van der Waals surface area contributed by atoms with Crippen LogP contribution in [0.4, 0.5) is 0 Å². The number of hydrogen-bond acceptors (Lipinski definition) is 4. The SMILES string of the molecule is CC[C@@H](COC)NC1=NC[C@H]2CCCN12.I. The molecule has 1 N–H and O–H groups in total. The Bertz CT molecular complexity index is 247. The fourth-order valence-electron chi connectivity index (χ4n) is 2.36. The van der Waals surface area contributed by atoms with Gasteiger partial charge in [-0.3, -0.25) is 4.99 Å². The van der Waals surface area contributed by atoms with E-state index in [-0.39, 0.29) is 24.0 Å². The van der Waals surface area contributed by atoms with Crippen molar-refractivity contribution in [2.24, 2.45) is 4.99 Å². The molecule has 2 atom stereocenters. The number of rotatable bonds is 4. The molecule has 1 fully saturated rings. The molecule has 0 amide bonds. The maximum Gasteiger partial charge on any atom is 0.194 e. The van der Waals surface area contributed by atoms with E-state index < -0.39 is 0 Å². The summed E-state index contributed by atoms with van der Waals surface area (Å²) in [6.45, 7) is 5.08. The molecule has 0 spiro atoms. The largest absolute Gasteiger partial charge is 0.383 e. The zero-order valence-electron chi connectivity index (χ0n) is 10.1. The van der Waals surface area contributed by atoms with Crippen molar-refractivity contribution in [3.05, 3.63) is 0 Å². The van der Waals surface area contributed by atoms with Crippen LogP contribution in [0, 0.1) is 0 Å². The first-order chi connectivity index (χ1) is 7.35. The minimum Gasteiger partial charge on any atom is -0.383 e. The average molecular weight is 339 g/mol. The normalized spacial score (nSPS) is 24.8. The van der Waals surface area contributed by atoms with Crippen LogP contribution in [0.5, 0.6) is 0 Å². The summed E-state index contributed by atoms with van der Waals surface area (Å²) in [6, 6.07) is 1.07. The van der Waals surface area contributed by atoms with Gasteiger partial charge in [-0.2, -0.15) is 0 Å². The van der Waals surface area contributed by atoms with E-state index >= 15 is 0 Å². The predicted molar refractivity (Wildman–Crippen MR) is 76.5 cm³/mol. The van der Waals surface area contributed by atoms with E-state index in [0.29, 0.717) is 12.1 Å². The van der Waals surface area contributed by atoms with Gasteiger partial charge < -0.3 is 15.0 Å². The maximum atomic E-state index is 5.18. The van der Waals surface area contributed by atoms with Gasteiger partial charge in [-0.25, -0.2) is 0 Å². The molecule has 0 radical (unpaired) electrons. The Balaban J connectivity index is 0.00000128. The Morgan fingerprint density at radius 2 is 2.44 bits per heavy atom. The van der Waals surface area contributed by atoms with E-state index in [9.17, 15) is 0 Å². The Morgan fingerprint density at radius 3 is 3.12 bits per heavy atom. The number of nitrogens with one attached hydrogen (secondary N) is 1. The van der Waals surface area contributed by atoms with Crippen LogP contribution in [-0.2, 0) is 4.74 Å². The lowest BCUT2D eigenvalue weighted by Gasteiger charge is -2.24. The van der Waals surface area contributed by atoms with Crippen molar-refractivity contribution in [2.45, 2.75) is 38.3 Å². The molecule has 94 valence electrons. The Hall–Kier alpha value is -0.0400. The molecule has 0 aromatic carbocycles. The summed E-state index contributed by atoms with van der Waals surface area (Å²) >= 11 is 0. The quantitative estimate of drug-likeness (QED) is 0.788. The van der Waals surface area contributed by atoms with Crippen molar-refractivity contribution in [3.63, 3.8) is 0 Å². The third kappa shape index (κ3) is 3.00. The summed E-state index contributed by atoms with van der Waals surface area (Å²) in [5, 5.41) is 3.49. The number of nitrogens with zero attached hydrogens (tertiary/aromatic N) is 2. The summed E-state index contributed by atoms with van der Waals surface area (Å²) in [5.74, 6) is 1.10. The van der Waals surface area contributed by atoms with Gasteiger partial charge in [0.25, 0.3) is 0 Å². The summed E-state index contributed by atoms with van der Waals surface area (Å²) < 4.78 is 5.18. The zero-order valence-corrected chi connectivity index (χ0v) is 12.4. The van der Waals surface area contributed by atoms with Crippen molar-refractivity contribution in [3.8, 4) is 0 Å². The predicted octanol–water partition coefficient (Wildman–Crippen LogP) is 1.45. The maximum absolute atomic E-state index is 5.18. The molecule has 1 saturated heterocycles. The summed E-state index contributed by atoms with van der Waals surface area (Å²) in [6.07, 6.45) is 3.69. The molecule has 0 aromatic rings. The van der Waals surface area contributed by atoms with E-state index in [4.69, 9.17) is 4.74 Å². The summed E-state index contributed by atoms with van der Waals surface area (Å²) in [7, 11) is 1.75. The van der Waals surface area contributed by atoms with Crippen LogP contribution in [-0.4, -0.2) is 49.7 Å². The Kier molecular flexibility index (Phi) is 5.82. The molecule has 2 heterocycles. The fraction of sp³-hybridized carbons (Fsp3) is 0.909. The Labute approximate surface area is 115 Å². The molecule has 2 aliphatic heterocycles.